The Kier molecular flexibility index (Phi) is 6.82. The SMILES string of the molecule is CC(CCO)SCCOC(C)(C)C. The Balaban J connectivity index is 3.25. The van der Waals surface area contributed by atoms with E-state index in [0.29, 0.717) is 5.25 Å². The summed E-state index contributed by atoms with van der Waals surface area (Å²) < 4.78 is 5.57. The summed E-state index contributed by atoms with van der Waals surface area (Å²) >= 11 is 1.86. The Morgan fingerprint density at radius 2 is 2.00 bits per heavy atom. The molecule has 0 aromatic carbocycles. The van der Waals surface area contributed by atoms with Gasteiger partial charge in [0.05, 0.1) is 12.2 Å². The van der Waals surface area contributed by atoms with Crippen molar-refractivity contribution in [3.05, 3.63) is 0 Å². The molecule has 0 rings (SSSR count). The molecule has 1 unspecified atom stereocenters. The molecule has 0 amide bonds. The second-order valence-corrected chi connectivity index (χ2v) is 5.70. The summed E-state index contributed by atoms with van der Waals surface area (Å²) in [6, 6.07) is 0. The largest absolute Gasteiger partial charge is 0.396 e. The Hall–Kier alpha value is 0.270. The molecule has 2 nitrogen and oxygen atoms in total. The van der Waals surface area contributed by atoms with Gasteiger partial charge in [0, 0.05) is 17.6 Å². The van der Waals surface area contributed by atoms with Crippen LogP contribution in [0.1, 0.15) is 34.1 Å². The molecule has 1 N–H and O–H groups in total. The van der Waals surface area contributed by atoms with Crippen molar-refractivity contribution in [3.8, 4) is 0 Å². The average Bonchev–Trinajstić information content (AvgIpc) is 1.97. The van der Waals surface area contributed by atoms with Crippen molar-refractivity contribution < 1.29 is 9.84 Å². The van der Waals surface area contributed by atoms with E-state index in [0.717, 1.165) is 18.8 Å². The molecule has 0 aromatic heterocycles. The van der Waals surface area contributed by atoms with Crippen LogP contribution >= 0.6 is 11.8 Å². The Labute approximate surface area is 86.1 Å². The maximum Gasteiger partial charge on any atom is 0.0598 e. The lowest BCUT2D eigenvalue weighted by Gasteiger charge is -2.19. The van der Waals surface area contributed by atoms with Crippen LogP contribution in [0, 0.1) is 0 Å². The van der Waals surface area contributed by atoms with Gasteiger partial charge < -0.3 is 9.84 Å². The molecule has 80 valence electrons. The first kappa shape index (κ1) is 13.3. The van der Waals surface area contributed by atoms with Crippen LogP contribution in [0.5, 0.6) is 0 Å². The Morgan fingerprint density at radius 1 is 1.38 bits per heavy atom. The second kappa shape index (κ2) is 6.68. The molecule has 0 fully saturated rings. The predicted molar refractivity (Wildman–Crippen MR) is 59.3 cm³/mol. The predicted octanol–water partition coefficient (Wildman–Crippen LogP) is 2.31. The maximum atomic E-state index is 8.68. The fourth-order valence-electron chi connectivity index (χ4n) is 0.862. The molecule has 3 heteroatoms. The summed E-state index contributed by atoms with van der Waals surface area (Å²) in [5.74, 6) is 1.01. The molecule has 0 saturated heterocycles. The number of ether oxygens (including phenoxy) is 1. The lowest BCUT2D eigenvalue weighted by atomic mass is 10.2. The molecule has 0 radical (unpaired) electrons. The van der Waals surface area contributed by atoms with E-state index in [1.807, 2.05) is 11.8 Å². The molecule has 0 aliphatic heterocycles. The third-order valence-corrected chi connectivity index (χ3v) is 2.76. The molecule has 0 aromatic rings. The van der Waals surface area contributed by atoms with Crippen molar-refractivity contribution in [2.75, 3.05) is 19.0 Å². The number of aliphatic hydroxyl groups excluding tert-OH is 1. The minimum Gasteiger partial charge on any atom is -0.396 e. The van der Waals surface area contributed by atoms with Crippen LogP contribution in [0.2, 0.25) is 0 Å². The Bertz CT molecular complexity index is 121. The number of thioether (sulfide) groups is 1. The van der Waals surface area contributed by atoms with Crippen LogP contribution in [-0.2, 0) is 4.74 Å². The molecular formula is C10H22O2S. The first-order valence-corrected chi connectivity index (χ1v) is 5.87. The normalized spacial score (nSPS) is 14.5. The minimum absolute atomic E-state index is 0.0270. The van der Waals surface area contributed by atoms with E-state index in [-0.39, 0.29) is 12.2 Å². The molecule has 0 saturated carbocycles. The van der Waals surface area contributed by atoms with E-state index in [9.17, 15) is 0 Å². The highest BCUT2D eigenvalue weighted by atomic mass is 32.2. The highest BCUT2D eigenvalue weighted by Crippen LogP contribution is 2.14. The fraction of sp³-hybridized carbons (Fsp3) is 1.00. The van der Waals surface area contributed by atoms with Gasteiger partial charge in [0.15, 0.2) is 0 Å². The van der Waals surface area contributed by atoms with Crippen LogP contribution in [0.4, 0.5) is 0 Å². The molecular weight excluding hydrogens is 184 g/mol. The second-order valence-electron chi connectivity index (χ2n) is 4.15. The topological polar surface area (TPSA) is 29.5 Å². The van der Waals surface area contributed by atoms with Gasteiger partial charge in [0.2, 0.25) is 0 Å². The van der Waals surface area contributed by atoms with Gasteiger partial charge in [-0.15, -0.1) is 0 Å². The molecule has 1 atom stereocenters. The van der Waals surface area contributed by atoms with E-state index < -0.39 is 0 Å². The quantitative estimate of drug-likeness (QED) is 0.676. The van der Waals surface area contributed by atoms with Crippen molar-refractivity contribution in [1.29, 1.82) is 0 Å². The molecule has 0 spiro atoms. The lowest BCUT2D eigenvalue weighted by Crippen LogP contribution is -2.21. The van der Waals surface area contributed by atoms with E-state index >= 15 is 0 Å². The summed E-state index contributed by atoms with van der Waals surface area (Å²) in [4.78, 5) is 0. The zero-order chi connectivity index (χ0) is 10.3. The maximum absolute atomic E-state index is 8.68. The van der Waals surface area contributed by atoms with Gasteiger partial charge in [0.1, 0.15) is 0 Å². The zero-order valence-corrected chi connectivity index (χ0v) is 9.99. The van der Waals surface area contributed by atoms with Crippen LogP contribution in [0.15, 0.2) is 0 Å². The van der Waals surface area contributed by atoms with Crippen molar-refractivity contribution in [2.24, 2.45) is 0 Å². The van der Waals surface area contributed by atoms with Crippen molar-refractivity contribution in [2.45, 2.75) is 45.0 Å². The smallest absolute Gasteiger partial charge is 0.0598 e. The number of rotatable bonds is 6. The van der Waals surface area contributed by atoms with Gasteiger partial charge in [-0.25, -0.2) is 0 Å². The van der Waals surface area contributed by atoms with E-state index in [2.05, 4.69) is 27.7 Å². The number of hydrogen-bond acceptors (Lipinski definition) is 3. The standard InChI is InChI=1S/C10H22O2S/c1-9(5-6-11)13-8-7-12-10(2,3)4/h9,11H,5-8H2,1-4H3. The minimum atomic E-state index is -0.0270. The van der Waals surface area contributed by atoms with Gasteiger partial charge in [-0.1, -0.05) is 6.92 Å². The monoisotopic (exact) mass is 206 g/mol. The summed E-state index contributed by atoms with van der Waals surface area (Å²) in [6.45, 7) is 9.41. The third-order valence-electron chi connectivity index (χ3n) is 1.56. The molecule has 0 bridgehead atoms. The Morgan fingerprint density at radius 3 is 2.46 bits per heavy atom. The van der Waals surface area contributed by atoms with Crippen LogP contribution in [-0.4, -0.2) is 34.9 Å². The summed E-state index contributed by atoms with van der Waals surface area (Å²) in [5.41, 5.74) is -0.0270. The van der Waals surface area contributed by atoms with Gasteiger partial charge in [-0.05, 0) is 27.2 Å². The molecule has 13 heavy (non-hydrogen) atoms. The van der Waals surface area contributed by atoms with Crippen LogP contribution in [0.25, 0.3) is 0 Å². The van der Waals surface area contributed by atoms with Gasteiger partial charge in [-0.3, -0.25) is 0 Å². The third kappa shape index (κ3) is 10.2. The highest BCUT2D eigenvalue weighted by Gasteiger charge is 2.09. The van der Waals surface area contributed by atoms with Crippen molar-refractivity contribution in [3.63, 3.8) is 0 Å². The van der Waals surface area contributed by atoms with E-state index in [4.69, 9.17) is 9.84 Å². The molecule has 0 aliphatic rings. The highest BCUT2D eigenvalue weighted by molar-refractivity contribution is 7.99. The van der Waals surface area contributed by atoms with Gasteiger partial charge >= 0.3 is 0 Å². The molecule has 0 heterocycles. The van der Waals surface area contributed by atoms with Crippen LogP contribution < -0.4 is 0 Å². The van der Waals surface area contributed by atoms with Crippen molar-refractivity contribution >= 4 is 11.8 Å². The van der Waals surface area contributed by atoms with Crippen LogP contribution in [0.3, 0.4) is 0 Å². The summed E-state index contributed by atoms with van der Waals surface area (Å²) in [7, 11) is 0. The van der Waals surface area contributed by atoms with Gasteiger partial charge in [-0.2, -0.15) is 11.8 Å². The van der Waals surface area contributed by atoms with Crippen molar-refractivity contribution in [1.82, 2.24) is 0 Å². The summed E-state index contributed by atoms with van der Waals surface area (Å²) in [5, 5.41) is 9.21. The first-order chi connectivity index (χ1) is 5.95. The van der Waals surface area contributed by atoms with E-state index in [1.54, 1.807) is 0 Å². The summed E-state index contributed by atoms with van der Waals surface area (Å²) in [6.07, 6.45) is 0.875. The number of hydrogen-bond donors (Lipinski definition) is 1. The lowest BCUT2D eigenvalue weighted by molar-refractivity contribution is 0.00691. The number of aliphatic hydroxyl groups is 1. The molecule has 0 aliphatic carbocycles. The van der Waals surface area contributed by atoms with E-state index in [1.165, 1.54) is 0 Å². The van der Waals surface area contributed by atoms with Gasteiger partial charge in [0.25, 0.3) is 0 Å². The average molecular weight is 206 g/mol. The first-order valence-electron chi connectivity index (χ1n) is 4.82. The zero-order valence-electron chi connectivity index (χ0n) is 9.17. The fourth-order valence-corrected chi connectivity index (χ4v) is 1.72.